The van der Waals surface area contributed by atoms with Gasteiger partial charge in [-0.1, -0.05) is 32.1 Å². The summed E-state index contributed by atoms with van der Waals surface area (Å²) in [5.74, 6) is 0. The maximum absolute atomic E-state index is 10.5. The van der Waals surface area contributed by atoms with Gasteiger partial charge in [0.05, 0.1) is 5.60 Å². The van der Waals surface area contributed by atoms with Crippen molar-refractivity contribution in [1.29, 1.82) is 0 Å². The molecule has 2 fully saturated rings. The van der Waals surface area contributed by atoms with E-state index in [0.29, 0.717) is 0 Å². The molecule has 0 aromatic carbocycles. The Morgan fingerprint density at radius 3 is 2.35 bits per heavy atom. The van der Waals surface area contributed by atoms with Gasteiger partial charge in [-0.3, -0.25) is 0 Å². The summed E-state index contributed by atoms with van der Waals surface area (Å²) in [6.45, 7) is 14.2. The average molecular weight is 236 g/mol. The molecular weight excluding hydrogens is 212 g/mol. The molecule has 1 N–H and O–H groups in total. The Bertz CT molecular complexity index is 392. The van der Waals surface area contributed by atoms with Gasteiger partial charge < -0.3 is 9.84 Å². The first-order valence-electron chi connectivity index (χ1n) is 6.35. The van der Waals surface area contributed by atoms with Gasteiger partial charge in [-0.05, 0) is 39.7 Å². The fourth-order valence-corrected chi connectivity index (χ4v) is 3.25. The van der Waals surface area contributed by atoms with E-state index < -0.39 is 11.2 Å². The molecule has 2 rings (SSSR count). The standard InChI is InChI=1S/C15H24O2/c1-11(2)7-8-15-12(3,4)9-10-13(5,16)14(15,6)17-15/h7-8,16H,1,9-10H2,2-6H3/b8-7+/t13-,14-,15+/m1/s1. The number of ether oxygens (including phenoxy) is 1. The van der Waals surface area contributed by atoms with E-state index >= 15 is 0 Å². The number of epoxide rings is 1. The predicted molar refractivity (Wildman–Crippen MR) is 69.8 cm³/mol. The van der Waals surface area contributed by atoms with Gasteiger partial charge in [-0.2, -0.15) is 0 Å². The van der Waals surface area contributed by atoms with Crippen molar-refractivity contribution in [1.82, 2.24) is 0 Å². The second kappa shape index (κ2) is 3.24. The van der Waals surface area contributed by atoms with Crippen molar-refractivity contribution in [2.24, 2.45) is 5.41 Å². The van der Waals surface area contributed by atoms with Crippen LogP contribution in [0.2, 0.25) is 0 Å². The normalized spacial score (nSPS) is 47.9. The molecule has 2 aliphatic rings. The average Bonchev–Trinajstić information content (AvgIpc) is 2.82. The summed E-state index contributed by atoms with van der Waals surface area (Å²) in [6, 6.07) is 0. The lowest BCUT2D eigenvalue weighted by Gasteiger charge is -2.43. The molecule has 1 saturated carbocycles. The fourth-order valence-electron chi connectivity index (χ4n) is 3.25. The van der Waals surface area contributed by atoms with Gasteiger partial charge in [0.15, 0.2) is 0 Å². The van der Waals surface area contributed by atoms with Crippen LogP contribution in [-0.4, -0.2) is 21.9 Å². The van der Waals surface area contributed by atoms with Crippen LogP contribution in [0.1, 0.15) is 47.5 Å². The highest BCUT2D eigenvalue weighted by atomic mass is 16.6. The minimum Gasteiger partial charge on any atom is -0.387 e. The smallest absolute Gasteiger partial charge is 0.128 e. The van der Waals surface area contributed by atoms with Crippen molar-refractivity contribution in [2.75, 3.05) is 0 Å². The number of aliphatic hydroxyl groups is 1. The van der Waals surface area contributed by atoms with Gasteiger partial charge in [0.1, 0.15) is 11.2 Å². The van der Waals surface area contributed by atoms with E-state index in [-0.39, 0.29) is 11.0 Å². The Morgan fingerprint density at radius 1 is 1.24 bits per heavy atom. The van der Waals surface area contributed by atoms with Gasteiger partial charge in [0.25, 0.3) is 0 Å². The van der Waals surface area contributed by atoms with E-state index in [1.54, 1.807) is 0 Å². The summed E-state index contributed by atoms with van der Waals surface area (Å²) < 4.78 is 6.06. The molecule has 0 radical (unpaired) electrons. The molecule has 3 atom stereocenters. The lowest BCUT2D eigenvalue weighted by molar-refractivity contribution is -0.0415. The Labute approximate surface area is 104 Å². The molecule has 0 aromatic heterocycles. The zero-order valence-corrected chi connectivity index (χ0v) is 11.6. The summed E-state index contributed by atoms with van der Waals surface area (Å²) in [5.41, 5.74) is -0.495. The molecule has 2 nitrogen and oxygen atoms in total. The molecule has 96 valence electrons. The van der Waals surface area contributed by atoms with Crippen LogP contribution in [0.15, 0.2) is 24.3 Å². The summed E-state index contributed by atoms with van der Waals surface area (Å²) in [7, 11) is 0. The molecule has 0 spiro atoms. The topological polar surface area (TPSA) is 32.8 Å². The van der Waals surface area contributed by atoms with Crippen LogP contribution >= 0.6 is 0 Å². The largest absolute Gasteiger partial charge is 0.387 e. The highest BCUT2D eigenvalue weighted by Crippen LogP contribution is 2.69. The molecule has 1 aliphatic carbocycles. The molecule has 0 amide bonds. The Balaban J connectivity index is 2.41. The van der Waals surface area contributed by atoms with Gasteiger partial charge in [0.2, 0.25) is 0 Å². The van der Waals surface area contributed by atoms with Crippen LogP contribution in [0.25, 0.3) is 0 Å². The third-order valence-corrected chi connectivity index (χ3v) is 4.90. The SMILES string of the molecule is C=C(C)/C=C/[C@@]12O[C@]1(C)[C@](C)(O)CCC2(C)C. The minimum atomic E-state index is -0.748. The first-order chi connectivity index (χ1) is 7.58. The van der Waals surface area contributed by atoms with Gasteiger partial charge >= 0.3 is 0 Å². The summed E-state index contributed by atoms with van der Waals surface area (Å²) in [6.07, 6.45) is 5.87. The first kappa shape index (κ1) is 12.8. The molecule has 2 heteroatoms. The third kappa shape index (κ3) is 1.47. The number of hydrogen-bond acceptors (Lipinski definition) is 2. The summed E-state index contributed by atoms with van der Waals surface area (Å²) in [4.78, 5) is 0. The van der Waals surface area contributed by atoms with Gasteiger partial charge in [-0.15, -0.1) is 0 Å². The summed E-state index contributed by atoms with van der Waals surface area (Å²) in [5, 5.41) is 10.5. The monoisotopic (exact) mass is 236 g/mol. The maximum Gasteiger partial charge on any atom is 0.128 e. The zero-order valence-electron chi connectivity index (χ0n) is 11.6. The van der Waals surface area contributed by atoms with Crippen LogP contribution in [0.5, 0.6) is 0 Å². The molecule has 1 aliphatic heterocycles. The quantitative estimate of drug-likeness (QED) is 0.590. The Kier molecular flexibility index (Phi) is 2.45. The molecule has 0 bridgehead atoms. The van der Waals surface area contributed by atoms with E-state index in [1.165, 1.54) is 0 Å². The molecule has 17 heavy (non-hydrogen) atoms. The minimum absolute atomic E-state index is 0.0515. The fraction of sp³-hybridized carbons (Fsp3) is 0.733. The Morgan fingerprint density at radius 2 is 1.82 bits per heavy atom. The Hall–Kier alpha value is -0.600. The van der Waals surface area contributed by atoms with E-state index in [9.17, 15) is 5.11 Å². The van der Waals surface area contributed by atoms with Gasteiger partial charge in [0, 0.05) is 5.41 Å². The lowest BCUT2D eigenvalue weighted by Crippen LogP contribution is -2.54. The van der Waals surface area contributed by atoms with Crippen LogP contribution < -0.4 is 0 Å². The number of rotatable bonds is 2. The van der Waals surface area contributed by atoms with Crippen molar-refractivity contribution in [3.63, 3.8) is 0 Å². The number of fused-ring (bicyclic) bond motifs is 1. The molecule has 0 aromatic rings. The molecule has 0 unspecified atom stereocenters. The summed E-state index contributed by atoms with van der Waals surface area (Å²) >= 11 is 0. The second-order valence-corrected chi connectivity index (χ2v) is 6.71. The third-order valence-electron chi connectivity index (χ3n) is 4.90. The van der Waals surface area contributed by atoms with Gasteiger partial charge in [-0.25, -0.2) is 0 Å². The molecule has 1 saturated heterocycles. The van der Waals surface area contributed by atoms with E-state index in [1.807, 2.05) is 26.8 Å². The van der Waals surface area contributed by atoms with E-state index in [0.717, 1.165) is 18.4 Å². The lowest BCUT2D eigenvalue weighted by atomic mass is 9.59. The van der Waals surface area contributed by atoms with Crippen LogP contribution in [-0.2, 0) is 4.74 Å². The van der Waals surface area contributed by atoms with E-state index in [2.05, 4.69) is 26.5 Å². The zero-order chi connectivity index (χ0) is 13.1. The number of allylic oxidation sites excluding steroid dienone is 2. The van der Waals surface area contributed by atoms with Crippen LogP contribution in [0, 0.1) is 5.41 Å². The van der Waals surface area contributed by atoms with Crippen LogP contribution in [0.4, 0.5) is 0 Å². The second-order valence-electron chi connectivity index (χ2n) is 6.71. The van der Waals surface area contributed by atoms with Crippen molar-refractivity contribution in [3.05, 3.63) is 24.3 Å². The van der Waals surface area contributed by atoms with E-state index in [4.69, 9.17) is 4.74 Å². The molecular formula is C15H24O2. The number of hydrogen-bond donors (Lipinski definition) is 1. The molecule has 1 heterocycles. The first-order valence-corrected chi connectivity index (χ1v) is 6.35. The predicted octanol–water partition coefficient (Wildman–Crippen LogP) is 3.22. The van der Waals surface area contributed by atoms with Crippen molar-refractivity contribution in [3.8, 4) is 0 Å². The highest BCUT2D eigenvalue weighted by Gasteiger charge is 2.80. The van der Waals surface area contributed by atoms with Crippen molar-refractivity contribution in [2.45, 2.75) is 64.3 Å². The van der Waals surface area contributed by atoms with Crippen molar-refractivity contribution >= 4 is 0 Å². The van der Waals surface area contributed by atoms with Crippen LogP contribution in [0.3, 0.4) is 0 Å². The highest BCUT2D eigenvalue weighted by molar-refractivity contribution is 5.38. The maximum atomic E-state index is 10.5. The van der Waals surface area contributed by atoms with Crippen molar-refractivity contribution < 1.29 is 9.84 Å².